The van der Waals surface area contributed by atoms with Crippen molar-refractivity contribution in [3.63, 3.8) is 0 Å². The van der Waals surface area contributed by atoms with Gasteiger partial charge in [0.15, 0.2) is 0 Å². The molecule has 0 aliphatic heterocycles. The van der Waals surface area contributed by atoms with Crippen LogP contribution in [0, 0.1) is 12.3 Å². The van der Waals surface area contributed by atoms with Gasteiger partial charge in [-0.1, -0.05) is 280 Å². The smallest absolute Gasteiger partial charge is 0 e. The van der Waals surface area contributed by atoms with Crippen molar-refractivity contribution in [2.24, 2.45) is 0 Å². The summed E-state index contributed by atoms with van der Waals surface area (Å²) in [6, 6.07) is 87.6. The van der Waals surface area contributed by atoms with Crippen LogP contribution < -0.4 is 42.4 Å². The fraction of sp³-hybridized carbons (Fsp3) is 0.0385. The molecule has 0 unspecified atom stereocenters. The predicted octanol–water partition coefficient (Wildman–Crippen LogP) is 10.8. The fourth-order valence-electron chi connectivity index (χ4n) is 6.55. The zero-order chi connectivity index (χ0) is 38.0. The number of rotatable bonds is 14. The van der Waals surface area contributed by atoms with Gasteiger partial charge in [-0.2, -0.15) is 0 Å². The van der Waals surface area contributed by atoms with Crippen LogP contribution in [0.4, 0.5) is 0 Å². The fourth-order valence-corrected chi connectivity index (χ4v) is 16.1. The van der Waals surface area contributed by atoms with Crippen LogP contribution in [0.1, 0.15) is 0 Å². The van der Waals surface area contributed by atoms with E-state index in [0.717, 1.165) is 12.3 Å². The first-order chi connectivity index (χ1) is 27.8. The molecule has 0 aliphatic rings. The zero-order valence-electron chi connectivity index (χ0n) is 31.8. The first-order valence-corrected chi connectivity index (χ1v) is 24.9. The maximum Gasteiger partial charge on any atom is 0 e. The third-order valence-corrected chi connectivity index (χ3v) is 19.2. The largest absolute Gasteiger partial charge is 0.289 e. The summed E-state index contributed by atoms with van der Waals surface area (Å²) in [7, 11) is -1.75. The molecule has 0 N–H and O–H groups in total. The van der Waals surface area contributed by atoms with Crippen LogP contribution in [0.3, 0.4) is 0 Å². The normalized spacial score (nSPS) is 10.9. The van der Waals surface area contributed by atoms with E-state index in [9.17, 15) is 0 Å². The summed E-state index contributed by atoms with van der Waals surface area (Å²) >= 11 is 0. The third kappa shape index (κ3) is 12.6. The van der Waals surface area contributed by atoms with Gasteiger partial charge in [-0.15, -0.1) is 12.3 Å². The quantitative estimate of drug-likeness (QED) is 0.0752. The molecular formula is C52H46IrP4-2. The Balaban J connectivity index is 0.000000189. The van der Waals surface area contributed by atoms with Crippen LogP contribution in [-0.4, -0.2) is 12.3 Å². The van der Waals surface area contributed by atoms with Gasteiger partial charge in [-0.05, 0) is 21.2 Å². The third-order valence-electron chi connectivity index (χ3n) is 9.30. The molecule has 0 heterocycles. The van der Waals surface area contributed by atoms with Crippen LogP contribution in [0.5, 0.6) is 0 Å². The Bertz CT molecular complexity index is 1760. The van der Waals surface area contributed by atoms with Gasteiger partial charge in [-0.25, -0.2) is 15.8 Å². The predicted molar refractivity (Wildman–Crippen MR) is 255 cm³/mol. The molecule has 285 valence electrons. The summed E-state index contributed by atoms with van der Waals surface area (Å²) in [5, 5.41) is 11.4. The van der Waals surface area contributed by atoms with Gasteiger partial charge in [0.2, 0.25) is 0 Å². The van der Waals surface area contributed by atoms with Gasteiger partial charge in [-0.3, -0.25) is 12.3 Å². The molecule has 0 amide bonds. The molecule has 0 saturated carbocycles. The Morgan fingerprint density at radius 3 is 0.561 bits per heavy atom. The molecule has 0 aliphatic carbocycles. The van der Waals surface area contributed by atoms with Crippen LogP contribution in [0.25, 0.3) is 0 Å². The minimum Gasteiger partial charge on any atom is -0.289 e. The molecule has 0 nitrogen and oxygen atoms in total. The topological polar surface area (TPSA) is 0 Å². The standard InChI is InChI=1S/2C26H23P2.Ir/c2*1-5-13-23(14-6-1)27(24-15-7-2-8-16-24)21-22-28(25-17-9-3-10-18-25)26-19-11-4-12-20-26;/h2*1-21H,22H2;/q2*-1;. The zero-order valence-corrected chi connectivity index (χ0v) is 37.8. The van der Waals surface area contributed by atoms with Crippen molar-refractivity contribution in [1.82, 2.24) is 0 Å². The van der Waals surface area contributed by atoms with E-state index in [-0.39, 0.29) is 20.1 Å². The SMILES string of the molecule is [Ir].c1ccc(P([CH-]CP(c2ccccc2)c2ccccc2)c2ccccc2)cc1.c1ccc(P([CH-]CP(c2ccccc2)c2ccccc2)c2ccccc2)cc1. The van der Waals surface area contributed by atoms with Gasteiger partial charge in [0.25, 0.3) is 0 Å². The first-order valence-electron chi connectivity index (χ1n) is 19.0. The summed E-state index contributed by atoms with van der Waals surface area (Å²) in [6.07, 6.45) is 7.31. The van der Waals surface area contributed by atoms with E-state index in [1.54, 1.807) is 0 Å². The molecule has 0 spiro atoms. The van der Waals surface area contributed by atoms with Crippen LogP contribution >= 0.6 is 31.7 Å². The van der Waals surface area contributed by atoms with Gasteiger partial charge < -0.3 is 0 Å². The Hall–Kier alpha value is -3.87. The van der Waals surface area contributed by atoms with Crippen LogP contribution in [0.2, 0.25) is 0 Å². The average Bonchev–Trinajstić information content (AvgIpc) is 3.29. The second-order valence-corrected chi connectivity index (χ2v) is 21.8. The van der Waals surface area contributed by atoms with Gasteiger partial charge >= 0.3 is 0 Å². The molecule has 8 aromatic carbocycles. The number of benzene rings is 8. The Kier molecular flexibility index (Phi) is 17.6. The summed E-state index contributed by atoms with van der Waals surface area (Å²) in [5.41, 5.74) is 0. The van der Waals surface area contributed by atoms with Crippen molar-refractivity contribution < 1.29 is 20.1 Å². The van der Waals surface area contributed by atoms with Crippen molar-refractivity contribution in [2.75, 3.05) is 12.3 Å². The van der Waals surface area contributed by atoms with Gasteiger partial charge in [0.05, 0.1) is 0 Å². The molecule has 8 rings (SSSR count). The van der Waals surface area contributed by atoms with Gasteiger partial charge in [0.1, 0.15) is 0 Å². The minimum absolute atomic E-state index is 0. The molecule has 0 aromatic heterocycles. The summed E-state index contributed by atoms with van der Waals surface area (Å²) < 4.78 is 0. The summed E-state index contributed by atoms with van der Waals surface area (Å²) in [4.78, 5) is 0. The maximum atomic E-state index is 2.58. The van der Waals surface area contributed by atoms with Crippen molar-refractivity contribution in [3.05, 3.63) is 255 Å². The molecule has 8 aromatic rings. The van der Waals surface area contributed by atoms with E-state index in [1.165, 1.54) is 42.4 Å². The van der Waals surface area contributed by atoms with Crippen LogP contribution in [0.15, 0.2) is 243 Å². The van der Waals surface area contributed by atoms with Crippen LogP contribution in [-0.2, 0) is 20.1 Å². The molecule has 1 radical (unpaired) electrons. The van der Waals surface area contributed by atoms with E-state index in [1.807, 2.05) is 0 Å². The molecular weight excluding hydrogens is 941 g/mol. The van der Waals surface area contributed by atoms with Crippen molar-refractivity contribution in [2.45, 2.75) is 0 Å². The van der Waals surface area contributed by atoms with E-state index < -0.39 is 31.7 Å². The molecule has 0 fully saturated rings. The van der Waals surface area contributed by atoms with E-state index >= 15 is 0 Å². The second kappa shape index (κ2) is 23.5. The second-order valence-electron chi connectivity index (χ2n) is 13.0. The van der Waals surface area contributed by atoms with Gasteiger partial charge in [0, 0.05) is 20.1 Å². The Morgan fingerprint density at radius 2 is 0.386 bits per heavy atom. The molecule has 57 heavy (non-hydrogen) atoms. The van der Waals surface area contributed by atoms with E-state index in [2.05, 4.69) is 255 Å². The minimum atomic E-state index is -0.473. The van der Waals surface area contributed by atoms with Crippen molar-refractivity contribution in [3.8, 4) is 0 Å². The van der Waals surface area contributed by atoms with E-state index in [4.69, 9.17) is 0 Å². The molecule has 0 bridgehead atoms. The molecule has 5 heteroatoms. The number of hydrogen-bond donors (Lipinski definition) is 0. The number of hydrogen-bond acceptors (Lipinski definition) is 0. The Morgan fingerprint density at radius 1 is 0.228 bits per heavy atom. The monoisotopic (exact) mass is 987 g/mol. The molecule has 0 saturated heterocycles. The van der Waals surface area contributed by atoms with Crippen molar-refractivity contribution in [1.29, 1.82) is 0 Å². The summed E-state index contributed by atoms with van der Waals surface area (Å²) in [5.74, 6) is 0. The average molecular weight is 987 g/mol. The first kappa shape index (κ1) is 42.7. The Labute approximate surface area is 359 Å². The summed E-state index contributed by atoms with van der Waals surface area (Å²) in [6.45, 7) is 0. The van der Waals surface area contributed by atoms with E-state index in [0.29, 0.717) is 0 Å². The molecule has 0 atom stereocenters. The maximum absolute atomic E-state index is 2.58. The van der Waals surface area contributed by atoms with Crippen molar-refractivity contribution >= 4 is 74.1 Å².